The second-order valence-corrected chi connectivity index (χ2v) is 5.08. The Bertz CT molecular complexity index is 466. The normalized spacial score (nSPS) is 17.7. The van der Waals surface area contributed by atoms with Crippen LogP contribution in [-0.4, -0.2) is 37.0 Å². The van der Waals surface area contributed by atoms with Crippen LogP contribution >= 0.6 is 0 Å². The lowest BCUT2D eigenvalue weighted by Crippen LogP contribution is -2.12. The summed E-state index contributed by atoms with van der Waals surface area (Å²) in [5.74, 6) is -0.00720. The van der Waals surface area contributed by atoms with Gasteiger partial charge in [-0.1, -0.05) is 6.92 Å². The molecule has 0 spiro atoms. The maximum atomic E-state index is 11.2. The van der Waals surface area contributed by atoms with Crippen molar-refractivity contribution in [2.75, 3.05) is 19.8 Å². The van der Waals surface area contributed by atoms with Crippen LogP contribution in [0.25, 0.3) is 0 Å². The van der Waals surface area contributed by atoms with Crippen molar-refractivity contribution in [3.8, 4) is 11.5 Å². The Balaban J connectivity index is 1.97. The van der Waals surface area contributed by atoms with Gasteiger partial charge in [0.15, 0.2) is 0 Å². The second kappa shape index (κ2) is 7.88. The van der Waals surface area contributed by atoms with Crippen LogP contribution in [0.3, 0.4) is 0 Å². The first kappa shape index (κ1) is 15.6. The molecule has 1 saturated heterocycles. The molecule has 0 radical (unpaired) electrons. The van der Waals surface area contributed by atoms with E-state index < -0.39 is 5.97 Å². The molecule has 1 aliphatic heterocycles. The van der Waals surface area contributed by atoms with Crippen LogP contribution < -0.4 is 9.47 Å². The highest BCUT2D eigenvalue weighted by Crippen LogP contribution is 2.26. The predicted octanol–water partition coefficient (Wildman–Crippen LogP) is 3.12. The number of aromatic carboxylic acids is 1. The van der Waals surface area contributed by atoms with Gasteiger partial charge in [-0.25, -0.2) is 4.79 Å². The smallest absolute Gasteiger partial charge is 0.339 e. The van der Waals surface area contributed by atoms with Crippen LogP contribution in [0.5, 0.6) is 11.5 Å². The predicted molar refractivity (Wildman–Crippen MR) is 78.3 cm³/mol. The van der Waals surface area contributed by atoms with E-state index in [2.05, 4.69) is 0 Å². The number of carbonyl (C=O) groups is 1. The summed E-state index contributed by atoms with van der Waals surface area (Å²) in [6.07, 6.45) is 4.05. The zero-order valence-corrected chi connectivity index (χ0v) is 12.3. The molecule has 1 fully saturated rings. The minimum atomic E-state index is -0.996. The summed E-state index contributed by atoms with van der Waals surface area (Å²) in [5.41, 5.74) is 0.159. The molecular weight excluding hydrogens is 272 g/mol. The monoisotopic (exact) mass is 294 g/mol. The maximum Gasteiger partial charge on any atom is 0.339 e. The fraction of sp³-hybridized carbons (Fsp3) is 0.562. The first-order valence-electron chi connectivity index (χ1n) is 7.45. The van der Waals surface area contributed by atoms with E-state index in [0.29, 0.717) is 24.7 Å². The molecule has 21 heavy (non-hydrogen) atoms. The maximum absolute atomic E-state index is 11.2. The average molecular weight is 294 g/mol. The zero-order valence-electron chi connectivity index (χ0n) is 12.3. The first-order chi connectivity index (χ1) is 10.2. The lowest BCUT2D eigenvalue weighted by molar-refractivity contribution is 0.0689. The Kier molecular flexibility index (Phi) is 5.87. The van der Waals surface area contributed by atoms with Gasteiger partial charge in [0.05, 0.1) is 19.3 Å². The molecule has 1 N–H and O–H groups in total. The number of hydrogen-bond acceptors (Lipinski definition) is 4. The van der Waals surface area contributed by atoms with Crippen molar-refractivity contribution in [2.45, 2.75) is 38.7 Å². The van der Waals surface area contributed by atoms with Crippen LogP contribution in [0.15, 0.2) is 18.2 Å². The zero-order chi connectivity index (χ0) is 15.1. The Morgan fingerprint density at radius 2 is 2.24 bits per heavy atom. The van der Waals surface area contributed by atoms with Crippen molar-refractivity contribution in [1.82, 2.24) is 0 Å². The van der Waals surface area contributed by atoms with Gasteiger partial charge in [0.2, 0.25) is 0 Å². The molecule has 116 valence electrons. The molecule has 1 heterocycles. The van der Waals surface area contributed by atoms with E-state index in [1.165, 1.54) is 6.07 Å². The van der Waals surface area contributed by atoms with Gasteiger partial charge in [0.1, 0.15) is 17.1 Å². The van der Waals surface area contributed by atoms with Crippen molar-refractivity contribution in [3.63, 3.8) is 0 Å². The van der Waals surface area contributed by atoms with Crippen LogP contribution in [-0.2, 0) is 4.74 Å². The van der Waals surface area contributed by atoms with Gasteiger partial charge in [0.25, 0.3) is 0 Å². The van der Waals surface area contributed by atoms with Gasteiger partial charge < -0.3 is 19.3 Å². The van der Waals surface area contributed by atoms with Crippen LogP contribution in [0.2, 0.25) is 0 Å². The summed E-state index contributed by atoms with van der Waals surface area (Å²) in [7, 11) is 0. The van der Waals surface area contributed by atoms with Crippen molar-refractivity contribution in [3.05, 3.63) is 23.8 Å². The van der Waals surface area contributed by atoms with E-state index in [1.807, 2.05) is 6.92 Å². The molecular formula is C16H22O5. The largest absolute Gasteiger partial charge is 0.493 e. The molecule has 0 saturated carbocycles. The first-order valence-corrected chi connectivity index (χ1v) is 7.45. The van der Waals surface area contributed by atoms with E-state index in [1.54, 1.807) is 12.1 Å². The van der Waals surface area contributed by atoms with Gasteiger partial charge in [0, 0.05) is 19.1 Å². The molecule has 1 aliphatic rings. The highest BCUT2D eigenvalue weighted by molar-refractivity contribution is 5.91. The molecule has 0 aromatic heterocycles. The Hall–Kier alpha value is -1.75. The molecule has 5 heteroatoms. The summed E-state index contributed by atoms with van der Waals surface area (Å²) in [6.45, 7) is 3.87. The lowest BCUT2D eigenvalue weighted by atomic mass is 10.2. The van der Waals surface area contributed by atoms with E-state index >= 15 is 0 Å². The molecule has 1 atom stereocenters. The van der Waals surface area contributed by atoms with E-state index in [-0.39, 0.29) is 11.7 Å². The minimum Gasteiger partial charge on any atom is -0.493 e. The molecule has 2 rings (SSSR count). The highest BCUT2D eigenvalue weighted by atomic mass is 16.5. The van der Waals surface area contributed by atoms with Gasteiger partial charge in [-0.2, -0.15) is 0 Å². The number of benzene rings is 1. The highest BCUT2D eigenvalue weighted by Gasteiger charge is 2.17. The number of hydrogen-bond donors (Lipinski definition) is 1. The Morgan fingerprint density at radius 3 is 2.90 bits per heavy atom. The summed E-state index contributed by atoms with van der Waals surface area (Å²) in [4.78, 5) is 11.2. The topological polar surface area (TPSA) is 65.0 Å². The van der Waals surface area contributed by atoms with Gasteiger partial charge in [-0.3, -0.25) is 0 Å². The van der Waals surface area contributed by atoms with Gasteiger partial charge in [-0.05, 0) is 31.4 Å². The fourth-order valence-corrected chi connectivity index (χ4v) is 2.28. The number of rotatable bonds is 8. The summed E-state index contributed by atoms with van der Waals surface area (Å²) >= 11 is 0. The number of carboxylic acid groups (broad SMARTS) is 1. The third-order valence-electron chi connectivity index (χ3n) is 3.38. The summed E-state index contributed by atoms with van der Waals surface area (Å²) < 4.78 is 16.7. The van der Waals surface area contributed by atoms with Crippen molar-refractivity contribution in [2.24, 2.45) is 0 Å². The SMILES string of the molecule is CCCOc1ccc(C(=O)O)c(OCCC2CCCO2)c1. The molecule has 5 nitrogen and oxygen atoms in total. The quantitative estimate of drug-likeness (QED) is 0.798. The molecule has 0 amide bonds. The average Bonchev–Trinajstić information content (AvgIpc) is 2.98. The van der Waals surface area contributed by atoms with Gasteiger partial charge >= 0.3 is 5.97 Å². The van der Waals surface area contributed by atoms with Crippen LogP contribution in [0.1, 0.15) is 43.0 Å². The van der Waals surface area contributed by atoms with Crippen LogP contribution in [0, 0.1) is 0 Å². The van der Waals surface area contributed by atoms with Crippen molar-refractivity contribution < 1.29 is 24.1 Å². The second-order valence-electron chi connectivity index (χ2n) is 5.08. The van der Waals surface area contributed by atoms with Crippen LogP contribution in [0.4, 0.5) is 0 Å². The molecule has 1 aromatic rings. The third-order valence-corrected chi connectivity index (χ3v) is 3.38. The van der Waals surface area contributed by atoms with E-state index in [4.69, 9.17) is 14.2 Å². The van der Waals surface area contributed by atoms with E-state index in [9.17, 15) is 9.90 Å². The molecule has 1 aromatic carbocycles. The Labute approximate surface area is 124 Å². The number of ether oxygens (including phenoxy) is 3. The standard InChI is InChI=1S/C16H22O5/c1-2-8-19-13-5-6-14(16(17)18)15(11-13)21-10-7-12-4-3-9-20-12/h5-6,11-12H,2-4,7-10H2,1H3,(H,17,18). The summed E-state index contributed by atoms with van der Waals surface area (Å²) in [6, 6.07) is 4.83. The fourth-order valence-electron chi connectivity index (χ4n) is 2.28. The number of carboxylic acids is 1. The van der Waals surface area contributed by atoms with Gasteiger partial charge in [-0.15, -0.1) is 0 Å². The molecule has 0 bridgehead atoms. The minimum absolute atomic E-state index is 0.159. The van der Waals surface area contributed by atoms with Crippen molar-refractivity contribution >= 4 is 5.97 Å². The van der Waals surface area contributed by atoms with E-state index in [0.717, 1.165) is 32.3 Å². The van der Waals surface area contributed by atoms with Crippen molar-refractivity contribution in [1.29, 1.82) is 0 Å². The third kappa shape index (κ3) is 4.63. The molecule has 0 aliphatic carbocycles. The molecule has 1 unspecified atom stereocenters. The lowest BCUT2D eigenvalue weighted by Gasteiger charge is -2.13. The Morgan fingerprint density at radius 1 is 1.38 bits per heavy atom. The summed E-state index contributed by atoms with van der Waals surface area (Å²) in [5, 5.41) is 9.20.